The lowest BCUT2D eigenvalue weighted by Crippen LogP contribution is -2.06. The number of hydrogen-bond acceptors (Lipinski definition) is 1. The van der Waals surface area contributed by atoms with Crippen molar-refractivity contribution in [2.45, 2.75) is 26.3 Å². The van der Waals surface area contributed by atoms with Gasteiger partial charge in [0.15, 0.2) is 0 Å². The zero-order chi connectivity index (χ0) is 11.9. The molecular weight excluding hydrogens is 220 g/mol. The number of benzene rings is 1. The summed E-state index contributed by atoms with van der Waals surface area (Å²) in [6.45, 7) is 4.96. The van der Waals surface area contributed by atoms with Crippen LogP contribution in [0.3, 0.4) is 0 Å². The van der Waals surface area contributed by atoms with Crippen LogP contribution in [0.1, 0.15) is 31.0 Å². The number of aryl methyl sites for hydroxylation is 1. The quantitative estimate of drug-likeness (QED) is 0.851. The fraction of sp³-hybridized carbons (Fsp3) is 0.385. The zero-order valence-electron chi connectivity index (χ0n) is 9.92. The van der Waals surface area contributed by atoms with Crippen LogP contribution in [0.15, 0.2) is 18.2 Å². The molecule has 0 fully saturated rings. The molecule has 0 radical (unpaired) electrons. The van der Waals surface area contributed by atoms with Gasteiger partial charge in [-0.2, -0.15) is 0 Å². The van der Waals surface area contributed by atoms with Crippen LogP contribution in [0.5, 0.6) is 0 Å². The molecule has 0 unspecified atom stereocenters. The van der Waals surface area contributed by atoms with Crippen molar-refractivity contribution in [3.63, 3.8) is 0 Å². The predicted octanol–water partition coefficient (Wildman–Crippen LogP) is 3.41. The summed E-state index contributed by atoms with van der Waals surface area (Å²) in [7, 11) is 2.05. The molecule has 0 bridgehead atoms. The molecule has 0 atom stereocenters. The summed E-state index contributed by atoms with van der Waals surface area (Å²) >= 11 is 6.03. The first-order chi connectivity index (χ1) is 7.56. The molecule has 1 heterocycles. The Labute approximate surface area is 101 Å². The highest BCUT2D eigenvalue weighted by molar-refractivity contribution is 6.31. The molecular formula is C13H17ClN2. The van der Waals surface area contributed by atoms with Gasteiger partial charge in [-0.25, -0.2) is 0 Å². The fourth-order valence-electron chi connectivity index (χ4n) is 2.38. The van der Waals surface area contributed by atoms with Gasteiger partial charge < -0.3 is 10.3 Å². The lowest BCUT2D eigenvalue weighted by Gasteiger charge is -2.08. The van der Waals surface area contributed by atoms with Crippen molar-refractivity contribution in [1.29, 1.82) is 0 Å². The first kappa shape index (κ1) is 11.5. The molecule has 0 aliphatic carbocycles. The molecule has 0 amide bonds. The number of nitrogens with two attached hydrogens (primary N) is 1. The van der Waals surface area contributed by atoms with E-state index in [0.29, 0.717) is 12.5 Å². The van der Waals surface area contributed by atoms with Crippen LogP contribution in [0.25, 0.3) is 10.9 Å². The van der Waals surface area contributed by atoms with Gasteiger partial charge in [-0.05, 0) is 23.6 Å². The third kappa shape index (κ3) is 1.62. The van der Waals surface area contributed by atoms with Gasteiger partial charge in [-0.3, -0.25) is 0 Å². The van der Waals surface area contributed by atoms with E-state index in [4.69, 9.17) is 17.3 Å². The fourth-order valence-corrected chi connectivity index (χ4v) is 2.55. The molecule has 1 aromatic carbocycles. The van der Waals surface area contributed by atoms with Gasteiger partial charge in [0.1, 0.15) is 0 Å². The molecule has 3 heteroatoms. The highest BCUT2D eigenvalue weighted by Gasteiger charge is 2.16. The van der Waals surface area contributed by atoms with Crippen molar-refractivity contribution in [2.75, 3.05) is 0 Å². The van der Waals surface area contributed by atoms with Crippen molar-refractivity contribution in [3.05, 3.63) is 34.5 Å². The van der Waals surface area contributed by atoms with Crippen molar-refractivity contribution in [1.82, 2.24) is 4.57 Å². The van der Waals surface area contributed by atoms with Crippen molar-refractivity contribution >= 4 is 22.5 Å². The van der Waals surface area contributed by atoms with E-state index >= 15 is 0 Å². The van der Waals surface area contributed by atoms with E-state index in [9.17, 15) is 0 Å². The molecule has 2 nitrogen and oxygen atoms in total. The molecule has 1 aromatic heterocycles. The Morgan fingerprint density at radius 2 is 2.06 bits per heavy atom. The third-order valence-electron chi connectivity index (χ3n) is 3.10. The zero-order valence-corrected chi connectivity index (χ0v) is 10.7. The maximum atomic E-state index is 6.03. The van der Waals surface area contributed by atoms with Gasteiger partial charge in [0, 0.05) is 35.2 Å². The maximum absolute atomic E-state index is 6.03. The first-order valence-electron chi connectivity index (χ1n) is 5.53. The minimum atomic E-state index is 0.475. The van der Waals surface area contributed by atoms with Gasteiger partial charge >= 0.3 is 0 Å². The van der Waals surface area contributed by atoms with Crippen LogP contribution in [0.4, 0.5) is 0 Å². The van der Waals surface area contributed by atoms with Gasteiger partial charge in [0.25, 0.3) is 0 Å². The molecule has 0 aliphatic heterocycles. The molecule has 2 aromatic rings. The normalized spacial score (nSPS) is 11.6. The van der Waals surface area contributed by atoms with Crippen LogP contribution in [0.2, 0.25) is 5.02 Å². The second-order valence-electron chi connectivity index (χ2n) is 4.44. The minimum absolute atomic E-state index is 0.475. The minimum Gasteiger partial charge on any atom is -0.346 e. The number of fused-ring (bicyclic) bond motifs is 1. The average molecular weight is 237 g/mol. The number of nitrogens with zero attached hydrogens (tertiary/aromatic N) is 1. The average Bonchev–Trinajstić information content (AvgIpc) is 2.51. The van der Waals surface area contributed by atoms with Gasteiger partial charge in [0.05, 0.1) is 0 Å². The second-order valence-corrected chi connectivity index (χ2v) is 4.88. The molecule has 2 N–H and O–H groups in total. The molecule has 0 spiro atoms. The Hall–Kier alpha value is -0.990. The molecule has 0 saturated carbocycles. The van der Waals surface area contributed by atoms with Crippen molar-refractivity contribution in [3.8, 4) is 0 Å². The van der Waals surface area contributed by atoms with Crippen molar-refractivity contribution in [2.24, 2.45) is 12.8 Å². The molecule has 0 aliphatic rings. The van der Waals surface area contributed by atoms with E-state index in [1.807, 2.05) is 19.2 Å². The number of aromatic nitrogens is 1. The smallest absolute Gasteiger partial charge is 0.0498 e. The first-order valence-corrected chi connectivity index (χ1v) is 5.90. The van der Waals surface area contributed by atoms with Crippen LogP contribution in [-0.4, -0.2) is 4.57 Å². The summed E-state index contributed by atoms with van der Waals surface area (Å²) < 4.78 is 2.15. The van der Waals surface area contributed by atoms with Gasteiger partial charge in [0.2, 0.25) is 0 Å². The second kappa shape index (κ2) is 4.11. The standard InChI is InChI=1S/C13H17ClN2/c1-8(2)13-10-5-4-9(14)6-11(10)16(3)12(13)7-15/h4-6,8H,7,15H2,1-3H3. The topological polar surface area (TPSA) is 30.9 Å². The third-order valence-corrected chi connectivity index (χ3v) is 3.33. The van der Waals surface area contributed by atoms with Crippen molar-refractivity contribution < 1.29 is 0 Å². The predicted molar refractivity (Wildman–Crippen MR) is 69.9 cm³/mol. The highest BCUT2D eigenvalue weighted by Crippen LogP contribution is 2.32. The van der Waals surface area contributed by atoms with E-state index in [-0.39, 0.29) is 0 Å². The van der Waals surface area contributed by atoms with Crippen LogP contribution in [-0.2, 0) is 13.6 Å². The van der Waals surface area contributed by atoms with Crippen LogP contribution >= 0.6 is 11.6 Å². The van der Waals surface area contributed by atoms with E-state index in [1.165, 1.54) is 16.6 Å². The Balaban J connectivity index is 2.86. The van der Waals surface area contributed by atoms with E-state index in [1.54, 1.807) is 0 Å². The van der Waals surface area contributed by atoms with Crippen LogP contribution in [0, 0.1) is 0 Å². The molecule has 2 rings (SSSR count). The van der Waals surface area contributed by atoms with E-state index < -0.39 is 0 Å². The lowest BCUT2D eigenvalue weighted by atomic mass is 9.99. The largest absolute Gasteiger partial charge is 0.346 e. The monoisotopic (exact) mass is 236 g/mol. The number of hydrogen-bond donors (Lipinski definition) is 1. The summed E-state index contributed by atoms with van der Waals surface area (Å²) in [6, 6.07) is 6.03. The SMILES string of the molecule is CC(C)c1c(CN)n(C)c2cc(Cl)ccc12. The number of rotatable bonds is 2. The summed E-state index contributed by atoms with van der Waals surface area (Å²) in [6.07, 6.45) is 0. The summed E-state index contributed by atoms with van der Waals surface area (Å²) in [5, 5.41) is 2.04. The van der Waals surface area contributed by atoms with Gasteiger partial charge in [-0.1, -0.05) is 31.5 Å². The molecule has 16 heavy (non-hydrogen) atoms. The number of halogens is 1. The molecule has 86 valence electrons. The van der Waals surface area contributed by atoms with E-state index in [2.05, 4.69) is 24.5 Å². The Kier molecular flexibility index (Phi) is 2.96. The van der Waals surface area contributed by atoms with Crippen LogP contribution < -0.4 is 5.73 Å². The summed E-state index contributed by atoms with van der Waals surface area (Å²) in [4.78, 5) is 0. The lowest BCUT2D eigenvalue weighted by molar-refractivity contribution is 0.788. The Morgan fingerprint density at radius 1 is 1.38 bits per heavy atom. The Morgan fingerprint density at radius 3 is 2.62 bits per heavy atom. The maximum Gasteiger partial charge on any atom is 0.0498 e. The summed E-state index contributed by atoms with van der Waals surface area (Å²) in [5.41, 5.74) is 9.55. The van der Waals surface area contributed by atoms with Gasteiger partial charge in [-0.15, -0.1) is 0 Å². The van der Waals surface area contributed by atoms with E-state index in [0.717, 1.165) is 10.5 Å². The molecule has 0 saturated heterocycles. The Bertz CT molecular complexity index is 526. The highest BCUT2D eigenvalue weighted by atomic mass is 35.5. The summed E-state index contributed by atoms with van der Waals surface area (Å²) in [5.74, 6) is 0.475.